The number of hydrogen-bond acceptors (Lipinski definition) is 4. The summed E-state index contributed by atoms with van der Waals surface area (Å²) < 4.78 is 1.91. The molecule has 1 atom stereocenters. The third kappa shape index (κ3) is 6.86. The molecule has 2 heterocycles. The summed E-state index contributed by atoms with van der Waals surface area (Å²) in [6.07, 6.45) is 3.34. The van der Waals surface area contributed by atoms with Crippen LogP contribution in [-0.2, 0) is 24.7 Å². The van der Waals surface area contributed by atoms with Gasteiger partial charge < -0.3 is 15.5 Å². The molecule has 0 aliphatic rings. The van der Waals surface area contributed by atoms with E-state index in [4.69, 9.17) is 0 Å². The van der Waals surface area contributed by atoms with Gasteiger partial charge in [0.1, 0.15) is 6.54 Å². The molecule has 8 nitrogen and oxygen atoms in total. The van der Waals surface area contributed by atoms with Gasteiger partial charge in [-0.25, -0.2) is 4.99 Å². The standard InChI is InChI=1S/C22H35N7O/c1-7-23-22(26-16(2)14-20-17(3)27-29(6)18(20)4)25-15-21(30)28(5)13-11-19-10-8-9-12-24-19/h8-10,12,16H,7,11,13-15H2,1-6H3,(H2,23,25,26). The van der Waals surface area contributed by atoms with Gasteiger partial charge in [-0.05, 0) is 51.8 Å². The number of carbonyl (C=O) groups excluding carboxylic acids is 1. The molecule has 164 valence electrons. The van der Waals surface area contributed by atoms with Crippen molar-refractivity contribution in [2.24, 2.45) is 12.0 Å². The predicted octanol–water partition coefficient (Wildman–Crippen LogP) is 1.62. The summed E-state index contributed by atoms with van der Waals surface area (Å²) in [5.74, 6) is 0.630. The van der Waals surface area contributed by atoms with Crippen molar-refractivity contribution in [3.8, 4) is 0 Å². The van der Waals surface area contributed by atoms with Gasteiger partial charge >= 0.3 is 0 Å². The van der Waals surface area contributed by atoms with Gasteiger partial charge in [-0.3, -0.25) is 14.5 Å². The second-order valence-corrected chi connectivity index (χ2v) is 7.60. The highest BCUT2D eigenvalue weighted by molar-refractivity contribution is 5.85. The minimum atomic E-state index is -0.0188. The topological polar surface area (TPSA) is 87.4 Å². The fraction of sp³-hybridized carbons (Fsp3) is 0.545. The first kappa shape index (κ1) is 23.4. The van der Waals surface area contributed by atoms with Crippen LogP contribution in [0.25, 0.3) is 0 Å². The molecule has 2 N–H and O–H groups in total. The Morgan fingerprint density at radius 3 is 2.70 bits per heavy atom. The smallest absolute Gasteiger partial charge is 0.244 e. The van der Waals surface area contributed by atoms with Crippen LogP contribution in [-0.4, -0.2) is 64.3 Å². The lowest BCUT2D eigenvalue weighted by atomic mass is 10.1. The van der Waals surface area contributed by atoms with Gasteiger partial charge in [-0.1, -0.05) is 6.07 Å². The largest absolute Gasteiger partial charge is 0.357 e. The van der Waals surface area contributed by atoms with Crippen molar-refractivity contribution in [1.82, 2.24) is 30.3 Å². The fourth-order valence-corrected chi connectivity index (χ4v) is 3.24. The maximum atomic E-state index is 12.5. The minimum absolute atomic E-state index is 0.0188. The summed E-state index contributed by atoms with van der Waals surface area (Å²) in [6, 6.07) is 5.97. The Bertz CT molecular complexity index is 845. The Labute approximate surface area is 179 Å². The third-order valence-electron chi connectivity index (χ3n) is 5.12. The Balaban J connectivity index is 1.89. The number of aryl methyl sites for hydroxylation is 2. The number of guanidine groups is 1. The zero-order chi connectivity index (χ0) is 22.1. The van der Waals surface area contributed by atoms with Gasteiger partial charge in [0.2, 0.25) is 5.91 Å². The predicted molar refractivity (Wildman–Crippen MR) is 121 cm³/mol. The monoisotopic (exact) mass is 413 g/mol. The van der Waals surface area contributed by atoms with Crippen LogP contribution in [0, 0.1) is 13.8 Å². The van der Waals surface area contributed by atoms with Crippen LogP contribution in [0.15, 0.2) is 29.4 Å². The van der Waals surface area contributed by atoms with Gasteiger partial charge in [0, 0.05) is 57.2 Å². The number of carbonyl (C=O) groups is 1. The van der Waals surface area contributed by atoms with Crippen LogP contribution in [0.3, 0.4) is 0 Å². The quantitative estimate of drug-likeness (QED) is 0.482. The first-order chi connectivity index (χ1) is 14.3. The molecule has 0 saturated carbocycles. The van der Waals surface area contributed by atoms with Crippen molar-refractivity contribution >= 4 is 11.9 Å². The molecule has 0 fully saturated rings. The second kappa shape index (κ2) is 11.3. The minimum Gasteiger partial charge on any atom is -0.357 e. The lowest BCUT2D eigenvalue weighted by Gasteiger charge is -2.19. The maximum Gasteiger partial charge on any atom is 0.244 e. The van der Waals surface area contributed by atoms with Crippen molar-refractivity contribution in [3.05, 3.63) is 47.0 Å². The number of aromatic nitrogens is 3. The van der Waals surface area contributed by atoms with E-state index in [9.17, 15) is 4.79 Å². The number of nitrogens with zero attached hydrogens (tertiary/aromatic N) is 5. The van der Waals surface area contributed by atoms with E-state index < -0.39 is 0 Å². The van der Waals surface area contributed by atoms with Crippen molar-refractivity contribution in [3.63, 3.8) is 0 Å². The lowest BCUT2D eigenvalue weighted by molar-refractivity contribution is -0.128. The molecule has 0 aliphatic carbocycles. The van der Waals surface area contributed by atoms with Crippen molar-refractivity contribution in [2.75, 3.05) is 26.7 Å². The van der Waals surface area contributed by atoms with Crippen LogP contribution in [0.5, 0.6) is 0 Å². The Kier molecular flexibility index (Phi) is 8.83. The van der Waals surface area contributed by atoms with Gasteiger partial charge in [0.25, 0.3) is 0 Å². The summed E-state index contributed by atoms with van der Waals surface area (Å²) in [6.45, 7) is 9.69. The van der Waals surface area contributed by atoms with E-state index in [-0.39, 0.29) is 18.5 Å². The number of likely N-dealkylation sites (N-methyl/N-ethyl adjacent to an activating group) is 1. The van der Waals surface area contributed by atoms with E-state index in [1.807, 2.05) is 43.8 Å². The average molecular weight is 414 g/mol. The summed E-state index contributed by atoms with van der Waals surface area (Å²) in [5, 5.41) is 11.1. The number of rotatable bonds is 9. The highest BCUT2D eigenvalue weighted by Crippen LogP contribution is 2.14. The number of amides is 1. The molecule has 1 unspecified atom stereocenters. The van der Waals surface area contributed by atoms with Crippen molar-refractivity contribution in [2.45, 2.75) is 46.6 Å². The maximum absolute atomic E-state index is 12.5. The summed E-state index contributed by atoms with van der Waals surface area (Å²) in [4.78, 5) is 23.0. The molecule has 2 aromatic rings. The van der Waals surface area contributed by atoms with Gasteiger partial charge in [0.15, 0.2) is 5.96 Å². The molecular formula is C22H35N7O. The molecule has 30 heavy (non-hydrogen) atoms. The van der Waals surface area contributed by atoms with Crippen LogP contribution < -0.4 is 10.6 Å². The van der Waals surface area contributed by atoms with Crippen LogP contribution >= 0.6 is 0 Å². The van der Waals surface area contributed by atoms with Crippen molar-refractivity contribution < 1.29 is 4.79 Å². The molecule has 0 saturated heterocycles. The van der Waals surface area contributed by atoms with Gasteiger partial charge in [-0.2, -0.15) is 5.10 Å². The average Bonchev–Trinajstić information content (AvgIpc) is 2.96. The molecule has 0 aliphatic heterocycles. The fourth-order valence-electron chi connectivity index (χ4n) is 3.24. The zero-order valence-electron chi connectivity index (χ0n) is 19.1. The molecule has 1 amide bonds. The summed E-state index contributed by atoms with van der Waals surface area (Å²) in [5.41, 5.74) is 4.45. The van der Waals surface area contributed by atoms with Crippen LogP contribution in [0.2, 0.25) is 0 Å². The zero-order valence-corrected chi connectivity index (χ0v) is 19.1. The van der Waals surface area contributed by atoms with Crippen LogP contribution in [0.4, 0.5) is 0 Å². The SMILES string of the molecule is CCNC(=NCC(=O)N(C)CCc1ccccn1)NC(C)Cc1c(C)nn(C)c1C. The second-order valence-electron chi connectivity index (χ2n) is 7.60. The summed E-state index contributed by atoms with van der Waals surface area (Å²) >= 11 is 0. The Morgan fingerprint density at radius 2 is 2.10 bits per heavy atom. The third-order valence-corrected chi connectivity index (χ3v) is 5.12. The van der Waals surface area contributed by atoms with Gasteiger partial charge in [-0.15, -0.1) is 0 Å². The highest BCUT2D eigenvalue weighted by atomic mass is 16.2. The number of aliphatic imine (C=N–C) groups is 1. The first-order valence-electron chi connectivity index (χ1n) is 10.5. The molecule has 8 heteroatoms. The first-order valence-corrected chi connectivity index (χ1v) is 10.5. The molecule has 0 radical (unpaired) electrons. The highest BCUT2D eigenvalue weighted by Gasteiger charge is 2.15. The molecule has 2 rings (SSSR count). The Morgan fingerprint density at radius 1 is 1.33 bits per heavy atom. The van der Waals surface area contributed by atoms with Gasteiger partial charge in [0.05, 0.1) is 5.69 Å². The molecule has 0 bridgehead atoms. The van der Waals surface area contributed by atoms with E-state index in [0.29, 0.717) is 12.5 Å². The number of hydrogen-bond donors (Lipinski definition) is 2. The van der Waals surface area contributed by atoms with E-state index in [1.165, 1.54) is 11.3 Å². The Hall–Kier alpha value is -2.90. The molecule has 0 aromatic carbocycles. The lowest BCUT2D eigenvalue weighted by Crippen LogP contribution is -2.44. The van der Waals surface area contributed by atoms with E-state index in [0.717, 1.165) is 30.8 Å². The number of pyridine rings is 1. The molecule has 2 aromatic heterocycles. The summed E-state index contributed by atoms with van der Waals surface area (Å²) in [7, 11) is 3.77. The normalized spacial score (nSPS) is 12.5. The molecular weight excluding hydrogens is 378 g/mol. The molecule has 0 spiro atoms. The van der Waals surface area contributed by atoms with Crippen LogP contribution in [0.1, 0.15) is 36.5 Å². The van der Waals surface area contributed by atoms with E-state index in [2.05, 4.69) is 39.6 Å². The van der Waals surface area contributed by atoms with E-state index in [1.54, 1.807) is 18.1 Å². The van der Waals surface area contributed by atoms with E-state index >= 15 is 0 Å². The number of nitrogens with one attached hydrogen (secondary N) is 2. The van der Waals surface area contributed by atoms with Crippen molar-refractivity contribution in [1.29, 1.82) is 0 Å².